The number of halogens is 1. The predicted molar refractivity (Wildman–Crippen MR) is 94.3 cm³/mol. The Labute approximate surface area is 148 Å². The molecule has 0 bridgehead atoms. The number of carbonyl (C=O) groups is 2. The van der Waals surface area contributed by atoms with E-state index in [-0.39, 0.29) is 18.7 Å². The summed E-state index contributed by atoms with van der Waals surface area (Å²) < 4.78 is 20.6. The van der Waals surface area contributed by atoms with Gasteiger partial charge in [-0.25, -0.2) is 9.18 Å². The van der Waals surface area contributed by atoms with Gasteiger partial charge < -0.3 is 14.5 Å². The van der Waals surface area contributed by atoms with E-state index in [0.29, 0.717) is 24.2 Å². The van der Waals surface area contributed by atoms with Gasteiger partial charge in [-0.1, -0.05) is 12.1 Å². The molecular weight excluding hydrogens is 323 g/mol. The number of benzene rings is 1. The van der Waals surface area contributed by atoms with Crippen molar-refractivity contribution in [3.63, 3.8) is 0 Å². The van der Waals surface area contributed by atoms with Crippen LogP contribution >= 0.6 is 0 Å². The summed E-state index contributed by atoms with van der Waals surface area (Å²) in [6.45, 7) is 6.05. The molecule has 1 heterocycles. The number of ether oxygens (including phenoxy) is 1. The van der Waals surface area contributed by atoms with Crippen LogP contribution in [0.4, 0.5) is 9.18 Å². The predicted octanol–water partition coefficient (Wildman–Crippen LogP) is 3.58. The number of carbonyl (C=O) groups excluding carboxylic acids is 2. The van der Waals surface area contributed by atoms with Crippen molar-refractivity contribution in [3.05, 3.63) is 35.4 Å². The summed E-state index contributed by atoms with van der Waals surface area (Å²) in [5.74, 6) is -0.112. The minimum Gasteiger partial charge on any atom is -0.444 e. The summed E-state index contributed by atoms with van der Waals surface area (Å²) in [6, 6.07) is 6.64. The molecule has 0 aliphatic carbocycles. The summed E-state index contributed by atoms with van der Waals surface area (Å²) in [5.41, 5.74) is -0.968. The first-order chi connectivity index (χ1) is 11.5. The molecule has 25 heavy (non-hydrogen) atoms. The maximum atomic E-state index is 15.3. The first kappa shape index (κ1) is 19.2. The van der Waals surface area contributed by atoms with Crippen LogP contribution in [0.5, 0.6) is 0 Å². The third kappa shape index (κ3) is 4.71. The molecule has 1 fully saturated rings. The van der Waals surface area contributed by atoms with Crippen LogP contribution in [-0.2, 0) is 10.4 Å². The Kier molecular flexibility index (Phi) is 5.40. The molecule has 1 aliphatic heterocycles. The molecule has 0 N–H and O–H groups in total. The lowest BCUT2D eigenvalue weighted by molar-refractivity contribution is 0.00218. The molecule has 2 amide bonds. The number of alkyl halides is 1. The maximum absolute atomic E-state index is 15.3. The Hall–Kier alpha value is -2.11. The van der Waals surface area contributed by atoms with Crippen LogP contribution in [0.1, 0.15) is 49.5 Å². The second kappa shape index (κ2) is 7.02. The van der Waals surface area contributed by atoms with Crippen molar-refractivity contribution in [2.24, 2.45) is 0 Å². The molecule has 0 aromatic heterocycles. The zero-order valence-electron chi connectivity index (χ0n) is 15.6. The van der Waals surface area contributed by atoms with Crippen molar-refractivity contribution < 1.29 is 18.7 Å². The number of hydrogen-bond donors (Lipinski definition) is 0. The molecule has 1 aromatic carbocycles. The fraction of sp³-hybridized carbons (Fsp3) is 0.579. The van der Waals surface area contributed by atoms with Gasteiger partial charge in [0.2, 0.25) is 0 Å². The highest BCUT2D eigenvalue weighted by Crippen LogP contribution is 2.37. The van der Waals surface area contributed by atoms with Crippen LogP contribution < -0.4 is 0 Å². The Bertz CT molecular complexity index is 627. The first-order valence-corrected chi connectivity index (χ1v) is 8.51. The first-order valence-electron chi connectivity index (χ1n) is 8.51. The van der Waals surface area contributed by atoms with Crippen molar-refractivity contribution in [3.8, 4) is 0 Å². The van der Waals surface area contributed by atoms with Crippen LogP contribution in [0.25, 0.3) is 0 Å². The smallest absolute Gasteiger partial charge is 0.410 e. The summed E-state index contributed by atoms with van der Waals surface area (Å²) in [6.07, 6.45) is 0.0296. The zero-order chi connectivity index (χ0) is 18.8. The van der Waals surface area contributed by atoms with Gasteiger partial charge in [-0.3, -0.25) is 4.79 Å². The molecule has 1 aromatic rings. The minimum absolute atomic E-state index is 0.112. The largest absolute Gasteiger partial charge is 0.444 e. The molecule has 0 atom stereocenters. The fourth-order valence-electron chi connectivity index (χ4n) is 2.83. The van der Waals surface area contributed by atoms with Crippen LogP contribution in [0.2, 0.25) is 0 Å². The van der Waals surface area contributed by atoms with E-state index in [1.807, 2.05) is 20.8 Å². The number of amides is 2. The van der Waals surface area contributed by atoms with E-state index in [2.05, 4.69) is 0 Å². The van der Waals surface area contributed by atoms with E-state index in [1.54, 1.807) is 43.3 Å². The molecule has 6 heteroatoms. The van der Waals surface area contributed by atoms with Gasteiger partial charge >= 0.3 is 6.09 Å². The van der Waals surface area contributed by atoms with E-state index >= 15 is 4.39 Å². The van der Waals surface area contributed by atoms with E-state index in [9.17, 15) is 9.59 Å². The summed E-state index contributed by atoms with van der Waals surface area (Å²) in [5, 5.41) is 0. The number of hydrogen-bond acceptors (Lipinski definition) is 3. The number of piperidine rings is 1. The number of likely N-dealkylation sites (tertiary alicyclic amines) is 1. The summed E-state index contributed by atoms with van der Waals surface area (Å²) in [4.78, 5) is 27.0. The highest BCUT2D eigenvalue weighted by atomic mass is 19.1. The maximum Gasteiger partial charge on any atom is 0.410 e. The Morgan fingerprint density at radius 2 is 1.64 bits per heavy atom. The molecule has 1 aliphatic rings. The van der Waals surface area contributed by atoms with Crippen LogP contribution in [0.3, 0.4) is 0 Å². The topological polar surface area (TPSA) is 49.9 Å². The van der Waals surface area contributed by atoms with E-state index in [0.717, 1.165) is 0 Å². The van der Waals surface area contributed by atoms with Gasteiger partial charge in [0, 0.05) is 45.6 Å². The SMILES string of the molecule is CN(C)C(=O)c1ccc(C2(F)CCN(C(=O)OC(C)(C)C)CC2)cc1. The van der Waals surface area contributed by atoms with Gasteiger partial charge in [0.1, 0.15) is 11.3 Å². The molecular formula is C19H27FN2O3. The molecule has 2 rings (SSSR count). The Morgan fingerprint density at radius 3 is 2.08 bits per heavy atom. The van der Waals surface area contributed by atoms with Gasteiger partial charge in [-0.15, -0.1) is 0 Å². The van der Waals surface area contributed by atoms with Gasteiger partial charge in [0.05, 0.1) is 0 Å². The van der Waals surface area contributed by atoms with Crippen molar-refractivity contribution in [1.82, 2.24) is 9.80 Å². The van der Waals surface area contributed by atoms with Crippen molar-refractivity contribution in [2.75, 3.05) is 27.2 Å². The average Bonchev–Trinajstić information content (AvgIpc) is 2.53. The molecule has 5 nitrogen and oxygen atoms in total. The van der Waals surface area contributed by atoms with Crippen LogP contribution in [0, 0.1) is 0 Å². The molecule has 0 radical (unpaired) electrons. The second-order valence-electron chi connectivity index (χ2n) is 7.71. The standard InChI is InChI=1S/C19H27FN2O3/c1-18(2,3)25-17(24)22-12-10-19(20,11-13-22)15-8-6-14(7-9-15)16(23)21(4)5/h6-9H,10-13H2,1-5H3. The highest BCUT2D eigenvalue weighted by molar-refractivity contribution is 5.93. The molecule has 138 valence electrons. The Balaban J connectivity index is 2.02. The highest BCUT2D eigenvalue weighted by Gasteiger charge is 2.38. The lowest BCUT2D eigenvalue weighted by Crippen LogP contribution is -2.45. The monoisotopic (exact) mass is 350 g/mol. The van der Waals surface area contributed by atoms with E-state index in [4.69, 9.17) is 4.74 Å². The third-order valence-electron chi connectivity index (χ3n) is 4.26. The number of rotatable bonds is 2. The zero-order valence-corrected chi connectivity index (χ0v) is 15.6. The average molecular weight is 350 g/mol. The van der Waals surface area contributed by atoms with Crippen molar-refractivity contribution in [1.29, 1.82) is 0 Å². The van der Waals surface area contributed by atoms with Crippen LogP contribution in [-0.4, -0.2) is 54.6 Å². The van der Waals surface area contributed by atoms with Gasteiger partial charge in [-0.2, -0.15) is 0 Å². The van der Waals surface area contributed by atoms with E-state index in [1.165, 1.54) is 4.90 Å². The molecule has 0 unspecified atom stereocenters. The minimum atomic E-state index is -1.49. The molecule has 0 spiro atoms. The lowest BCUT2D eigenvalue weighted by atomic mass is 9.86. The van der Waals surface area contributed by atoms with Gasteiger partial charge in [0.15, 0.2) is 0 Å². The Morgan fingerprint density at radius 1 is 1.12 bits per heavy atom. The van der Waals surface area contributed by atoms with E-state index < -0.39 is 17.4 Å². The fourth-order valence-corrected chi connectivity index (χ4v) is 2.83. The quantitative estimate of drug-likeness (QED) is 0.819. The second-order valence-corrected chi connectivity index (χ2v) is 7.71. The lowest BCUT2D eigenvalue weighted by Gasteiger charge is -2.37. The van der Waals surface area contributed by atoms with Gasteiger partial charge in [0.25, 0.3) is 5.91 Å². The molecule has 1 saturated heterocycles. The summed E-state index contributed by atoms with van der Waals surface area (Å²) >= 11 is 0. The van der Waals surface area contributed by atoms with Crippen molar-refractivity contribution in [2.45, 2.75) is 44.9 Å². The normalized spacial score (nSPS) is 17.1. The van der Waals surface area contributed by atoms with Crippen LogP contribution in [0.15, 0.2) is 24.3 Å². The third-order valence-corrected chi connectivity index (χ3v) is 4.26. The van der Waals surface area contributed by atoms with Gasteiger partial charge in [-0.05, 0) is 38.5 Å². The molecule has 0 saturated carbocycles. The number of nitrogens with zero attached hydrogens (tertiary/aromatic N) is 2. The van der Waals surface area contributed by atoms with Crippen molar-refractivity contribution >= 4 is 12.0 Å². The summed E-state index contributed by atoms with van der Waals surface area (Å²) in [7, 11) is 3.36.